The zero-order valence-electron chi connectivity index (χ0n) is 15.6. The number of carbonyl (C=O) groups is 3. The van der Waals surface area contributed by atoms with Gasteiger partial charge in [0.05, 0.1) is 17.1 Å². The molecule has 1 aliphatic heterocycles. The van der Waals surface area contributed by atoms with Crippen LogP contribution in [0.1, 0.15) is 30.6 Å². The fourth-order valence-electron chi connectivity index (χ4n) is 2.77. The Hall–Kier alpha value is -2.49. The summed E-state index contributed by atoms with van der Waals surface area (Å²) in [7, 11) is -3.14. The summed E-state index contributed by atoms with van der Waals surface area (Å²) in [4.78, 5) is 36.4. The van der Waals surface area contributed by atoms with Crippen LogP contribution in [0.15, 0.2) is 24.3 Å². The normalized spacial score (nSPS) is 19.1. The molecule has 2 amide bonds. The van der Waals surface area contributed by atoms with E-state index in [2.05, 4.69) is 10.6 Å². The Morgan fingerprint density at radius 3 is 2.50 bits per heavy atom. The number of nitrogens with one attached hydrogen (secondary N) is 2. The molecule has 8 nitrogen and oxygen atoms in total. The molecule has 0 aliphatic carbocycles. The molecule has 2 unspecified atom stereocenters. The van der Waals surface area contributed by atoms with Gasteiger partial charge in [-0.3, -0.25) is 9.59 Å². The van der Waals surface area contributed by atoms with Crippen LogP contribution in [0, 0.1) is 11.7 Å². The summed E-state index contributed by atoms with van der Waals surface area (Å²) in [5.74, 6) is -3.45. The Labute approximate surface area is 162 Å². The minimum atomic E-state index is -3.14. The van der Waals surface area contributed by atoms with Crippen LogP contribution < -0.4 is 10.6 Å². The molecule has 1 saturated heterocycles. The first-order chi connectivity index (χ1) is 13.1. The highest BCUT2D eigenvalue weighted by atomic mass is 32.2. The van der Waals surface area contributed by atoms with E-state index in [0.29, 0.717) is 6.42 Å². The average molecular weight is 414 g/mol. The van der Waals surface area contributed by atoms with E-state index in [4.69, 9.17) is 4.74 Å². The minimum Gasteiger partial charge on any atom is -0.454 e. The number of ether oxygens (including phenoxy) is 1. The van der Waals surface area contributed by atoms with Gasteiger partial charge in [-0.15, -0.1) is 0 Å². The molecule has 28 heavy (non-hydrogen) atoms. The summed E-state index contributed by atoms with van der Waals surface area (Å²) < 4.78 is 41.5. The molecular formula is C18H23FN2O6S. The third kappa shape index (κ3) is 6.01. The van der Waals surface area contributed by atoms with E-state index >= 15 is 0 Å². The van der Waals surface area contributed by atoms with Gasteiger partial charge in [-0.25, -0.2) is 17.6 Å². The molecule has 2 N–H and O–H groups in total. The molecule has 2 atom stereocenters. The van der Waals surface area contributed by atoms with Crippen molar-refractivity contribution in [2.45, 2.75) is 32.4 Å². The van der Waals surface area contributed by atoms with Crippen molar-refractivity contribution in [3.8, 4) is 0 Å². The zero-order chi connectivity index (χ0) is 20.9. The maximum atomic E-state index is 13.7. The molecule has 1 aromatic carbocycles. The summed E-state index contributed by atoms with van der Waals surface area (Å²) in [5.41, 5.74) is -0.207. The van der Waals surface area contributed by atoms with Gasteiger partial charge in [0.2, 0.25) is 0 Å². The van der Waals surface area contributed by atoms with E-state index in [9.17, 15) is 27.2 Å². The smallest absolute Gasteiger partial charge is 0.329 e. The van der Waals surface area contributed by atoms with Gasteiger partial charge < -0.3 is 15.4 Å². The van der Waals surface area contributed by atoms with Gasteiger partial charge in [-0.1, -0.05) is 26.0 Å². The fourth-order valence-corrected chi connectivity index (χ4v) is 4.44. The molecular weight excluding hydrogens is 391 g/mol. The lowest BCUT2D eigenvalue weighted by atomic mass is 10.0. The number of sulfone groups is 1. The second-order valence-corrected chi connectivity index (χ2v) is 9.18. The van der Waals surface area contributed by atoms with Crippen LogP contribution in [-0.4, -0.2) is 56.4 Å². The first kappa shape index (κ1) is 21.8. The van der Waals surface area contributed by atoms with Gasteiger partial charge in [-0.2, -0.15) is 0 Å². The van der Waals surface area contributed by atoms with Crippen molar-refractivity contribution in [3.05, 3.63) is 35.6 Å². The van der Waals surface area contributed by atoms with Crippen molar-refractivity contribution in [3.63, 3.8) is 0 Å². The van der Waals surface area contributed by atoms with E-state index in [1.165, 1.54) is 18.2 Å². The van der Waals surface area contributed by atoms with Gasteiger partial charge in [0.1, 0.15) is 11.9 Å². The fraction of sp³-hybridized carbons (Fsp3) is 0.500. The van der Waals surface area contributed by atoms with E-state index in [-0.39, 0.29) is 23.0 Å². The summed E-state index contributed by atoms with van der Waals surface area (Å²) in [6, 6.07) is 3.77. The maximum absolute atomic E-state index is 13.7. The second kappa shape index (κ2) is 9.13. The Morgan fingerprint density at radius 1 is 1.25 bits per heavy atom. The molecule has 0 saturated carbocycles. The highest BCUT2D eigenvalue weighted by molar-refractivity contribution is 7.91. The van der Waals surface area contributed by atoms with Crippen LogP contribution in [0.2, 0.25) is 0 Å². The molecule has 0 bridgehead atoms. The Bertz CT molecular complexity index is 855. The van der Waals surface area contributed by atoms with Crippen LogP contribution in [-0.2, 0) is 24.2 Å². The van der Waals surface area contributed by atoms with Crippen LogP contribution in [0.4, 0.5) is 4.39 Å². The van der Waals surface area contributed by atoms with Crippen molar-refractivity contribution in [2.24, 2.45) is 5.92 Å². The summed E-state index contributed by atoms with van der Waals surface area (Å²) >= 11 is 0. The van der Waals surface area contributed by atoms with E-state index < -0.39 is 52.1 Å². The minimum absolute atomic E-state index is 0.00916. The molecule has 0 radical (unpaired) electrons. The first-order valence-electron chi connectivity index (χ1n) is 8.81. The summed E-state index contributed by atoms with van der Waals surface area (Å²) in [5, 5.41) is 4.92. The monoisotopic (exact) mass is 414 g/mol. The lowest BCUT2D eigenvalue weighted by Gasteiger charge is -2.21. The van der Waals surface area contributed by atoms with E-state index in [0.717, 1.165) is 6.07 Å². The van der Waals surface area contributed by atoms with Gasteiger partial charge >= 0.3 is 5.97 Å². The molecule has 1 aromatic rings. The van der Waals surface area contributed by atoms with Crippen molar-refractivity contribution in [2.75, 3.05) is 18.1 Å². The lowest BCUT2D eigenvalue weighted by molar-refractivity contribution is -0.151. The molecule has 1 aliphatic rings. The predicted octanol–water partition coefficient (Wildman–Crippen LogP) is 0.427. The number of halogens is 1. The predicted molar refractivity (Wildman–Crippen MR) is 98.7 cm³/mol. The number of benzene rings is 1. The largest absolute Gasteiger partial charge is 0.454 e. The second-order valence-electron chi connectivity index (χ2n) is 6.95. The molecule has 2 rings (SSSR count). The molecule has 0 aromatic heterocycles. The highest BCUT2D eigenvalue weighted by Gasteiger charge is 2.30. The van der Waals surface area contributed by atoms with Crippen LogP contribution in [0.25, 0.3) is 0 Å². The third-order valence-electron chi connectivity index (χ3n) is 4.27. The quantitative estimate of drug-likeness (QED) is 0.625. The topological polar surface area (TPSA) is 119 Å². The van der Waals surface area contributed by atoms with Gasteiger partial charge in [0.25, 0.3) is 11.8 Å². The van der Waals surface area contributed by atoms with Crippen LogP contribution in [0.5, 0.6) is 0 Å². The summed E-state index contributed by atoms with van der Waals surface area (Å²) in [6.45, 7) is 2.72. The number of hydrogen-bond donors (Lipinski definition) is 2. The molecule has 1 heterocycles. The lowest BCUT2D eigenvalue weighted by Crippen LogP contribution is -2.46. The number of carbonyl (C=O) groups excluding carboxylic acids is 3. The average Bonchev–Trinajstić information content (AvgIpc) is 2.95. The first-order valence-corrected chi connectivity index (χ1v) is 10.6. The highest BCUT2D eigenvalue weighted by Crippen LogP contribution is 2.12. The van der Waals surface area contributed by atoms with Gasteiger partial charge in [0, 0.05) is 6.04 Å². The van der Waals surface area contributed by atoms with Crippen molar-refractivity contribution < 1.29 is 31.9 Å². The number of hydrogen-bond acceptors (Lipinski definition) is 6. The van der Waals surface area contributed by atoms with Crippen molar-refractivity contribution in [1.82, 2.24) is 10.6 Å². The summed E-state index contributed by atoms with van der Waals surface area (Å²) in [6.07, 6.45) is 0.315. The molecule has 154 valence electrons. The number of rotatable bonds is 7. The van der Waals surface area contributed by atoms with Crippen molar-refractivity contribution in [1.29, 1.82) is 0 Å². The van der Waals surface area contributed by atoms with Crippen LogP contribution in [0.3, 0.4) is 0 Å². The Morgan fingerprint density at radius 2 is 1.93 bits per heavy atom. The molecule has 10 heteroatoms. The van der Waals surface area contributed by atoms with Crippen LogP contribution >= 0.6 is 0 Å². The SMILES string of the molecule is CC(C)C(NC(=O)c1ccccc1F)C(=O)OCC(=O)NC1CCS(=O)(=O)C1. The molecule has 1 fully saturated rings. The Balaban J connectivity index is 1.89. The van der Waals surface area contributed by atoms with E-state index in [1.807, 2.05) is 0 Å². The number of esters is 1. The standard InChI is InChI=1S/C18H23FN2O6S/c1-11(2)16(21-17(23)13-5-3-4-6-14(13)19)18(24)27-9-15(22)20-12-7-8-28(25,26)10-12/h3-6,11-12,16H,7-10H2,1-2H3,(H,20,22)(H,21,23). The zero-order valence-corrected chi connectivity index (χ0v) is 16.4. The third-order valence-corrected chi connectivity index (χ3v) is 6.04. The number of amides is 2. The van der Waals surface area contributed by atoms with E-state index in [1.54, 1.807) is 13.8 Å². The van der Waals surface area contributed by atoms with Gasteiger partial charge in [-0.05, 0) is 24.5 Å². The molecule has 0 spiro atoms. The maximum Gasteiger partial charge on any atom is 0.329 e. The Kier molecular flexibility index (Phi) is 7.11. The van der Waals surface area contributed by atoms with Gasteiger partial charge in [0.15, 0.2) is 16.4 Å². The van der Waals surface area contributed by atoms with Crippen molar-refractivity contribution >= 4 is 27.6 Å².